The van der Waals surface area contributed by atoms with E-state index in [9.17, 15) is 9.59 Å². The van der Waals surface area contributed by atoms with Gasteiger partial charge in [-0.05, 0) is 38.8 Å². The number of hydrogen-bond donors (Lipinski definition) is 0. The van der Waals surface area contributed by atoms with E-state index >= 15 is 0 Å². The number of esters is 1. The Morgan fingerprint density at radius 1 is 1.28 bits per heavy atom. The molecule has 1 atom stereocenters. The Bertz CT molecular complexity index is 648. The third kappa shape index (κ3) is 4.44. The maximum atomic E-state index is 12.7. The summed E-state index contributed by atoms with van der Waals surface area (Å²) < 4.78 is 16.2. The van der Waals surface area contributed by atoms with Gasteiger partial charge in [-0.3, -0.25) is 4.90 Å². The van der Waals surface area contributed by atoms with Gasteiger partial charge in [-0.25, -0.2) is 9.59 Å². The highest BCUT2D eigenvalue weighted by molar-refractivity contribution is 5.90. The van der Waals surface area contributed by atoms with Crippen molar-refractivity contribution in [1.29, 1.82) is 0 Å². The molecule has 2 rings (SSSR count). The van der Waals surface area contributed by atoms with Crippen molar-refractivity contribution >= 4 is 12.1 Å². The molecule has 1 aromatic rings. The van der Waals surface area contributed by atoms with Gasteiger partial charge in [-0.2, -0.15) is 0 Å². The lowest BCUT2D eigenvalue weighted by Crippen LogP contribution is -2.41. The minimum atomic E-state index is -0.566. The second-order valence-electron chi connectivity index (χ2n) is 7.46. The van der Waals surface area contributed by atoms with Crippen molar-refractivity contribution in [3.63, 3.8) is 0 Å². The molecule has 0 bridgehead atoms. The van der Waals surface area contributed by atoms with Gasteiger partial charge in [0.15, 0.2) is 0 Å². The summed E-state index contributed by atoms with van der Waals surface area (Å²) in [5.74, 6) is 0.338. The minimum Gasteiger partial charge on any atom is -0.491 e. The van der Waals surface area contributed by atoms with E-state index in [0.717, 1.165) is 5.56 Å². The van der Waals surface area contributed by atoms with Gasteiger partial charge >= 0.3 is 12.1 Å². The van der Waals surface area contributed by atoms with Crippen molar-refractivity contribution in [2.45, 2.75) is 46.3 Å². The number of carbonyl (C=O) groups excluding carboxylic acids is 2. The standard InChI is InChI=1S/C19H27NO5/c1-12(2)16-14-8-7-13(17(21)23-6)11-15(14)24-10-9-20(16)18(22)25-19(3,4)5/h7-8,11-12,16H,9-10H2,1-6H3/t16-/m0/s1. The summed E-state index contributed by atoms with van der Waals surface area (Å²) >= 11 is 0. The fourth-order valence-corrected chi connectivity index (χ4v) is 2.95. The lowest BCUT2D eigenvalue weighted by atomic mass is 9.93. The predicted molar refractivity (Wildman–Crippen MR) is 93.8 cm³/mol. The number of hydrogen-bond acceptors (Lipinski definition) is 5. The normalized spacial score (nSPS) is 17.4. The van der Waals surface area contributed by atoms with E-state index in [1.165, 1.54) is 7.11 Å². The first-order valence-electron chi connectivity index (χ1n) is 8.48. The zero-order chi connectivity index (χ0) is 18.8. The average Bonchev–Trinajstić information content (AvgIpc) is 2.71. The maximum absolute atomic E-state index is 12.7. The van der Waals surface area contributed by atoms with Crippen LogP contribution in [-0.2, 0) is 9.47 Å². The summed E-state index contributed by atoms with van der Waals surface area (Å²) in [7, 11) is 1.34. The fraction of sp³-hybridized carbons (Fsp3) is 0.579. The molecule has 1 amide bonds. The first kappa shape index (κ1) is 19.1. The molecule has 0 aromatic heterocycles. The molecule has 0 fully saturated rings. The van der Waals surface area contributed by atoms with E-state index in [-0.39, 0.29) is 18.1 Å². The van der Waals surface area contributed by atoms with Gasteiger partial charge in [0.25, 0.3) is 0 Å². The molecule has 0 radical (unpaired) electrons. The Hall–Kier alpha value is -2.24. The van der Waals surface area contributed by atoms with Crippen LogP contribution in [0.15, 0.2) is 18.2 Å². The molecule has 6 nitrogen and oxygen atoms in total. The second-order valence-corrected chi connectivity index (χ2v) is 7.46. The van der Waals surface area contributed by atoms with Crippen molar-refractivity contribution in [3.8, 4) is 5.75 Å². The summed E-state index contributed by atoms with van der Waals surface area (Å²) in [4.78, 5) is 26.2. The first-order chi connectivity index (χ1) is 11.6. The fourth-order valence-electron chi connectivity index (χ4n) is 2.95. The van der Waals surface area contributed by atoms with Crippen LogP contribution in [0.4, 0.5) is 4.79 Å². The predicted octanol–water partition coefficient (Wildman–Crippen LogP) is 3.80. The number of fused-ring (bicyclic) bond motifs is 1. The Kier molecular flexibility index (Phi) is 5.60. The first-order valence-corrected chi connectivity index (χ1v) is 8.48. The van der Waals surface area contributed by atoms with E-state index in [1.807, 2.05) is 40.7 Å². The molecule has 0 aliphatic carbocycles. The lowest BCUT2D eigenvalue weighted by molar-refractivity contribution is 0.0102. The van der Waals surface area contributed by atoms with Gasteiger partial charge in [0.05, 0.1) is 25.3 Å². The number of nitrogens with zero attached hydrogens (tertiary/aromatic N) is 1. The van der Waals surface area contributed by atoms with Crippen LogP contribution in [0.5, 0.6) is 5.75 Å². The van der Waals surface area contributed by atoms with Crippen LogP contribution >= 0.6 is 0 Å². The van der Waals surface area contributed by atoms with Crippen LogP contribution in [-0.4, -0.2) is 42.8 Å². The van der Waals surface area contributed by atoms with Gasteiger partial charge < -0.3 is 14.2 Å². The highest BCUT2D eigenvalue weighted by Crippen LogP contribution is 2.38. The largest absolute Gasteiger partial charge is 0.491 e. The van der Waals surface area contributed by atoms with Crippen molar-refractivity contribution in [2.24, 2.45) is 5.92 Å². The summed E-state index contributed by atoms with van der Waals surface area (Å²) in [6.07, 6.45) is -0.361. The molecule has 138 valence electrons. The third-order valence-corrected chi connectivity index (χ3v) is 3.94. The molecule has 25 heavy (non-hydrogen) atoms. The Morgan fingerprint density at radius 2 is 1.96 bits per heavy atom. The molecule has 6 heteroatoms. The zero-order valence-electron chi connectivity index (χ0n) is 15.8. The number of benzene rings is 1. The number of amides is 1. The number of carbonyl (C=O) groups is 2. The molecule has 0 spiro atoms. The quantitative estimate of drug-likeness (QED) is 0.760. The molecule has 0 saturated heterocycles. The van der Waals surface area contributed by atoms with E-state index in [0.29, 0.717) is 24.5 Å². The number of methoxy groups -OCH3 is 1. The Balaban J connectivity index is 2.41. The highest BCUT2D eigenvalue weighted by Gasteiger charge is 2.35. The van der Waals surface area contributed by atoms with Crippen molar-refractivity contribution in [1.82, 2.24) is 4.90 Å². The topological polar surface area (TPSA) is 65.1 Å². The van der Waals surface area contributed by atoms with Crippen LogP contribution in [0.2, 0.25) is 0 Å². The molecule has 0 N–H and O–H groups in total. The molecular formula is C19H27NO5. The molecule has 0 saturated carbocycles. The molecule has 1 aromatic carbocycles. The molecule has 1 heterocycles. The number of rotatable bonds is 2. The summed E-state index contributed by atoms with van der Waals surface area (Å²) in [6.45, 7) is 10.4. The van der Waals surface area contributed by atoms with E-state index in [2.05, 4.69) is 0 Å². The van der Waals surface area contributed by atoms with Crippen LogP contribution in [0, 0.1) is 5.92 Å². The second kappa shape index (κ2) is 7.33. The lowest BCUT2D eigenvalue weighted by Gasteiger charge is -2.34. The maximum Gasteiger partial charge on any atom is 0.410 e. The van der Waals surface area contributed by atoms with Crippen molar-refractivity contribution in [2.75, 3.05) is 20.3 Å². The SMILES string of the molecule is COC(=O)c1ccc2c(c1)OCCN(C(=O)OC(C)(C)C)[C@H]2C(C)C. The van der Waals surface area contributed by atoms with Gasteiger partial charge in [0, 0.05) is 5.56 Å². The van der Waals surface area contributed by atoms with E-state index in [4.69, 9.17) is 14.2 Å². The smallest absolute Gasteiger partial charge is 0.410 e. The zero-order valence-corrected chi connectivity index (χ0v) is 15.8. The summed E-state index contributed by atoms with van der Waals surface area (Å²) in [5, 5.41) is 0. The highest BCUT2D eigenvalue weighted by atomic mass is 16.6. The average molecular weight is 349 g/mol. The molecule has 0 unspecified atom stereocenters. The Morgan fingerprint density at radius 3 is 2.52 bits per heavy atom. The van der Waals surface area contributed by atoms with Crippen molar-refractivity contribution in [3.05, 3.63) is 29.3 Å². The van der Waals surface area contributed by atoms with E-state index in [1.54, 1.807) is 17.0 Å². The minimum absolute atomic E-state index is 0.150. The van der Waals surface area contributed by atoms with Crippen molar-refractivity contribution < 1.29 is 23.8 Å². The monoisotopic (exact) mass is 349 g/mol. The van der Waals surface area contributed by atoms with Gasteiger partial charge in [0.1, 0.15) is 18.0 Å². The summed E-state index contributed by atoms with van der Waals surface area (Å²) in [6, 6.07) is 5.01. The van der Waals surface area contributed by atoms with Gasteiger partial charge in [-0.1, -0.05) is 19.9 Å². The molecular weight excluding hydrogens is 322 g/mol. The van der Waals surface area contributed by atoms with Gasteiger partial charge in [0.2, 0.25) is 0 Å². The van der Waals surface area contributed by atoms with E-state index < -0.39 is 11.6 Å². The van der Waals surface area contributed by atoms with Crippen LogP contribution in [0.3, 0.4) is 0 Å². The molecule has 1 aliphatic heterocycles. The third-order valence-electron chi connectivity index (χ3n) is 3.94. The Labute approximate surface area is 149 Å². The number of ether oxygens (including phenoxy) is 3. The van der Waals surface area contributed by atoms with Crippen LogP contribution in [0.25, 0.3) is 0 Å². The summed E-state index contributed by atoms with van der Waals surface area (Å²) in [5.41, 5.74) is 0.726. The molecule has 1 aliphatic rings. The van der Waals surface area contributed by atoms with Crippen LogP contribution < -0.4 is 4.74 Å². The van der Waals surface area contributed by atoms with Crippen LogP contribution in [0.1, 0.15) is 56.6 Å². The van der Waals surface area contributed by atoms with Gasteiger partial charge in [-0.15, -0.1) is 0 Å².